The second kappa shape index (κ2) is 7.14. The fourth-order valence-electron chi connectivity index (χ4n) is 1.23. The molecule has 86 valence electrons. The Morgan fingerprint density at radius 1 is 1.27 bits per heavy atom. The first-order valence-corrected chi connectivity index (χ1v) is 7.30. The van der Waals surface area contributed by atoms with E-state index in [-0.39, 0.29) is 0 Å². The van der Waals surface area contributed by atoms with E-state index in [1.165, 1.54) is 5.75 Å². The van der Waals surface area contributed by atoms with Crippen LogP contribution in [0, 0.1) is 0 Å². The van der Waals surface area contributed by atoms with Crippen LogP contribution in [0.1, 0.15) is 19.7 Å². The maximum absolute atomic E-state index is 5.58. The SMILES string of the molecule is CCSCCSc1nnc(CN)n1CC. The van der Waals surface area contributed by atoms with Gasteiger partial charge in [0.2, 0.25) is 0 Å². The molecule has 4 nitrogen and oxygen atoms in total. The Hall–Kier alpha value is -0.200. The van der Waals surface area contributed by atoms with E-state index >= 15 is 0 Å². The van der Waals surface area contributed by atoms with Crippen LogP contribution in [-0.2, 0) is 13.1 Å². The smallest absolute Gasteiger partial charge is 0.191 e. The first-order valence-electron chi connectivity index (χ1n) is 5.16. The lowest BCUT2D eigenvalue weighted by atomic mass is 10.6. The van der Waals surface area contributed by atoms with Gasteiger partial charge in [0.1, 0.15) is 5.82 Å². The first-order chi connectivity index (χ1) is 7.33. The van der Waals surface area contributed by atoms with Gasteiger partial charge in [-0.2, -0.15) is 11.8 Å². The van der Waals surface area contributed by atoms with Gasteiger partial charge in [0.25, 0.3) is 0 Å². The fraction of sp³-hybridized carbons (Fsp3) is 0.778. The molecule has 0 aromatic carbocycles. The van der Waals surface area contributed by atoms with Crippen LogP contribution in [-0.4, -0.2) is 32.0 Å². The van der Waals surface area contributed by atoms with Crippen LogP contribution in [0.5, 0.6) is 0 Å². The minimum atomic E-state index is 0.463. The van der Waals surface area contributed by atoms with Gasteiger partial charge < -0.3 is 10.3 Å². The number of aromatic nitrogens is 3. The lowest BCUT2D eigenvalue weighted by Crippen LogP contribution is -2.08. The van der Waals surface area contributed by atoms with Crippen LogP contribution in [0.3, 0.4) is 0 Å². The summed E-state index contributed by atoms with van der Waals surface area (Å²) in [7, 11) is 0. The summed E-state index contributed by atoms with van der Waals surface area (Å²) < 4.78 is 2.08. The third-order valence-electron chi connectivity index (χ3n) is 1.96. The Kier molecular flexibility index (Phi) is 6.12. The van der Waals surface area contributed by atoms with E-state index in [0.717, 1.165) is 29.0 Å². The molecular weight excluding hydrogens is 228 g/mol. The van der Waals surface area contributed by atoms with Gasteiger partial charge in [0.05, 0.1) is 6.54 Å². The van der Waals surface area contributed by atoms with E-state index in [1.807, 2.05) is 11.8 Å². The highest BCUT2D eigenvalue weighted by molar-refractivity contribution is 8.02. The van der Waals surface area contributed by atoms with Crippen LogP contribution >= 0.6 is 23.5 Å². The van der Waals surface area contributed by atoms with Crippen molar-refractivity contribution in [2.75, 3.05) is 17.3 Å². The predicted molar refractivity (Wildman–Crippen MR) is 67.3 cm³/mol. The molecule has 0 atom stereocenters. The first kappa shape index (κ1) is 12.9. The van der Waals surface area contributed by atoms with Crippen molar-refractivity contribution in [1.82, 2.24) is 14.8 Å². The lowest BCUT2D eigenvalue weighted by Gasteiger charge is -2.05. The van der Waals surface area contributed by atoms with Gasteiger partial charge in [0.15, 0.2) is 5.16 Å². The molecule has 0 unspecified atom stereocenters. The van der Waals surface area contributed by atoms with Crippen molar-refractivity contribution < 1.29 is 0 Å². The van der Waals surface area contributed by atoms with Crippen molar-refractivity contribution in [3.8, 4) is 0 Å². The maximum Gasteiger partial charge on any atom is 0.191 e. The zero-order valence-corrected chi connectivity index (χ0v) is 10.9. The number of thioether (sulfide) groups is 2. The average molecular weight is 246 g/mol. The molecule has 0 saturated carbocycles. The Morgan fingerprint density at radius 2 is 2.07 bits per heavy atom. The number of nitrogens with two attached hydrogens (primary N) is 1. The van der Waals surface area contributed by atoms with Gasteiger partial charge in [-0.05, 0) is 12.7 Å². The normalized spacial score (nSPS) is 10.9. The Labute approximate surface area is 99.4 Å². The molecule has 15 heavy (non-hydrogen) atoms. The molecule has 1 heterocycles. The highest BCUT2D eigenvalue weighted by Gasteiger charge is 2.08. The molecule has 1 aromatic heterocycles. The Morgan fingerprint density at radius 3 is 2.67 bits per heavy atom. The summed E-state index contributed by atoms with van der Waals surface area (Å²) in [5.41, 5.74) is 5.58. The van der Waals surface area contributed by atoms with Crippen molar-refractivity contribution in [2.24, 2.45) is 5.73 Å². The van der Waals surface area contributed by atoms with Gasteiger partial charge >= 0.3 is 0 Å². The summed E-state index contributed by atoms with van der Waals surface area (Å²) in [6.07, 6.45) is 0. The fourth-order valence-corrected chi connectivity index (χ4v) is 3.00. The lowest BCUT2D eigenvalue weighted by molar-refractivity contribution is 0.643. The summed E-state index contributed by atoms with van der Waals surface area (Å²) in [5.74, 6) is 4.30. The van der Waals surface area contributed by atoms with E-state index in [4.69, 9.17) is 5.73 Å². The van der Waals surface area contributed by atoms with E-state index < -0.39 is 0 Å². The van der Waals surface area contributed by atoms with E-state index in [0.29, 0.717) is 6.54 Å². The average Bonchev–Trinajstić information content (AvgIpc) is 2.66. The standard InChI is InChI=1S/C9H18N4S2/c1-3-13-8(7-10)11-12-9(13)15-6-5-14-4-2/h3-7,10H2,1-2H3. The summed E-state index contributed by atoms with van der Waals surface area (Å²) in [6.45, 7) is 5.62. The molecule has 0 spiro atoms. The molecular formula is C9H18N4S2. The molecule has 0 radical (unpaired) electrons. The topological polar surface area (TPSA) is 56.7 Å². The summed E-state index contributed by atoms with van der Waals surface area (Å²) in [6, 6.07) is 0. The number of nitrogens with zero attached hydrogens (tertiary/aromatic N) is 3. The van der Waals surface area contributed by atoms with E-state index in [2.05, 4.69) is 28.6 Å². The molecule has 0 saturated heterocycles. The van der Waals surface area contributed by atoms with Gasteiger partial charge in [-0.3, -0.25) is 0 Å². The van der Waals surface area contributed by atoms with Crippen molar-refractivity contribution in [3.05, 3.63) is 5.82 Å². The predicted octanol–water partition coefficient (Wildman–Crippen LogP) is 1.60. The van der Waals surface area contributed by atoms with Gasteiger partial charge in [0, 0.05) is 18.1 Å². The van der Waals surface area contributed by atoms with Crippen LogP contribution in [0.4, 0.5) is 0 Å². The largest absolute Gasteiger partial charge is 0.324 e. The number of hydrogen-bond acceptors (Lipinski definition) is 5. The minimum Gasteiger partial charge on any atom is -0.324 e. The zero-order chi connectivity index (χ0) is 11.1. The van der Waals surface area contributed by atoms with Crippen molar-refractivity contribution in [1.29, 1.82) is 0 Å². The van der Waals surface area contributed by atoms with E-state index in [9.17, 15) is 0 Å². The third kappa shape index (κ3) is 3.70. The highest BCUT2D eigenvalue weighted by Crippen LogP contribution is 2.18. The summed E-state index contributed by atoms with van der Waals surface area (Å²) in [5, 5.41) is 9.20. The van der Waals surface area contributed by atoms with Crippen molar-refractivity contribution in [2.45, 2.75) is 32.1 Å². The highest BCUT2D eigenvalue weighted by atomic mass is 32.2. The van der Waals surface area contributed by atoms with Crippen LogP contribution < -0.4 is 5.73 Å². The molecule has 1 aromatic rings. The second-order valence-electron chi connectivity index (χ2n) is 2.89. The van der Waals surface area contributed by atoms with Crippen LogP contribution in [0.25, 0.3) is 0 Å². The molecule has 0 aliphatic heterocycles. The molecule has 0 aliphatic carbocycles. The maximum atomic E-state index is 5.58. The molecule has 0 aliphatic rings. The van der Waals surface area contributed by atoms with Crippen LogP contribution in [0.2, 0.25) is 0 Å². The van der Waals surface area contributed by atoms with Crippen molar-refractivity contribution in [3.63, 3.8) is 0 Å². The molecule has 0 amide bonds. The molecule has 0 fully saturated rings. The zero-order valence-electron chi connectivity index (χ0n) is 9.27. The number of rotatable bonds is 7. The van der Waals surface area contributed by atoms with Gasteiger partial charge in [-0.25, -0.2) is 0 Å². The van der Waals surface area contributed by atoms with E-state index in [1.54, 1.807) is 11.8 Å². The summed E-state index contributed by atoms with van der Waals surface area (Å²) >= 11 is 3.71. The van der Waals surface area contributed by atoms with Gasteiger partial charge in [-0.1, -0.05) is 18.7 Å². The summed E-state index contributed by atoms with van der Waals surface area (Å²) in [4.78, 5) is 0. The van der Waals surface area contributed by atoms with Crippen molar-refractivity contribution >= 4 is 23.5 Å². The monoisotopic (exact) mass is 246 g/mol. The Balaban J connectivity index is 2.49. The molecule has 6 heteroatoms. The minimum absolute atomic E-state index is 0.463. The molecule has 1 rings (SSSR count). The second-order valence-corrected chi connectivity index (χ2v) is 5.35. The molecule has 2 N–H and O–H groups in total. The van der Waals surface area contributed by atoms with Crippen LogP contribution in [0.15, 0.2) is 5.16 Å². The Bertz CT molecular complexity index is 288. The quantitative estimate of drug-likeness (QED) is 0.585. The number of hydrogen-bond donors (Lipinski definition) is 1. The third-order valence-corrected chi connectivity index (χ3v) is 4.08. The van der Waals surface area contributed by atoms with Gasteiger partial charge in [-0.15, -0.1) is 10.2 Å². The molecule has 0 bridgehead atoms.